The van der Waals surface area contributed by atoms with Crippen LogP contribution in [0.2, 0.25) is 0 Å². The number of benzene rings is 2. The molecule has 0 bridgehead atoms. The number of fused-ring (bicyclic) bond motifs is 1. The predicted octanol–water partition coefficient (Wildman–Crippen LogP) is 7.84. The Bertz CT molecular complexity index is 1510. The summed E-state index contributed by atoms with van der Waals surface area (Å²) in [4.78, 5) is 32.9. The quantitative estimate of drug-likeness (QED) is 0.250. The van der Waals surface area contributed by atoms with E-state index >= 15 is 0 Å². The maximum atomic E-state index is 13.8. The van der Waals surface area contributed by atoms with Crippen molar-refractivity contribution in [2.75, 3.05) is 17.7 Å². The van der Waals surface area contributed by atoms with Crippen molar-refractivity contribution in [3.05, 3.63) is 52.8 Å². The third-order valence-corrected chi connectivity index (χ3v) is 7.46. The Labute approximate surface area is 248 Å². The Balaban J connectivity index is 1.69. The molecule has 43 heavy (non-hydrogen) atoms. The Morgan fingerprint density at radius 2 is 1.70 bits per heavy atom. The second-order valence-electron chi connectivity index (χ2n) is 12.0. The number of carboxylic acid groups (broad SMARTS) is 1. The van der Waals surface area contributed by atoms with Crippen LogP contribution in [0.1, 0.15) is 87.9 Å². The molecule has 2 aromatic carbocycles. The molecular weight excluding hydrogens is 565 g/mol. The fourth-order valence-corrected chi connectivity index (χ4v) is 5.39. The average Bonchev–Trinajstić information content (AvgIpc) is 2.90. The highest BCUT2D eigenvalue weighted by Crippen LogP contribution is 2.42. The summed E-state index contributed by atoms with van der Waals surface area (Å²) in [5.41, 5.74) is -0.0287. The van der Waals surface area contributed by atoms with Gasteiger partial charge >= 0.3 is 18.2 Å². The summed E-state index contributed by atoms with van der Waals surface area (Å²) in [6, 6.07) is 6.44. The number of alkyl halides is 3. The van der Waals surface area contributed by atoms with Crippen LogP contribution in [0.3, 0.4) is 0 Å². The lowest BCUT2D eigenvalue weighted by Crippen LogP contribution is -2.27. The van der Waals surface area contributed by atoms with Gasteiger partial charge in [-0.25, -0.2) is 14.8 Å². The van der Waals surface area contributed by atoms with Crippen molar-refractivity contribution in [3.63, 3.8) is 0 Å². The monoisotopic (exact) mass is 602 g/mol. The molecule has 12 heteroatoms. The number of anilines is 2. The van der Waals surface area contributed by atoms with E-state index in [-0.39, 0.29) is 23.1 Å². The van der Waals surface area contributed by atoms with Gasteiger partial charge in [0.15, 0.2) is 0 Å². The molecule has 1 amide bonds. The number of nitrogens with one attached hydrogen (secondary N) is 2. The van der Waals surface area contributed by atoms with Crippen LogP contribution in [0.15, 0.2) is 30.3 Å². The van der Waals surface area contributed by atoms with E-state index in [2.05, 4.69) is 20.6 Å². The number of aryl methyl sites for hydroxylation is 1. The average molecular weight is 603 g/mol. The Kier molecular flexibility index (Phi) is 9.08. The maximum Gasteiger partial charge on any atom is 0.416 e. The molecule has 3 aromatic rings. The predicted molar refractivity (Wildman–Crippen MR) is 157 cm³/mol. The zero-order chi connectivity index (χ0) is 31.7. The Hall–Kier alpha value is -4.09. The van der Waals surface area contributed by atoms with Crippen LogP contribution < -0.4 is 15.4 Å². The zero-order valence-electron chi connectivity index (χ0n) is 25.1. The highest BCUT2D eigenvalue weighted by atomic mass is 19.4. The molecule has 1 aliphatic carbocycles. The van der Waals surface area contributed by atoms with E-state index in [4.69, 9.17) is 9.47 Å². The number of nitrogens with zero attached hydrogens (tertiary/aromatic N) is 2. The lowest BCUT2D eigenvalue weighted by molar-refractivity contribution is -0.143. The van der Waals surface area contributed by atoms with Gasteiger partial charge in [0.1, 0.15) is 23.0 Å². The van der Waals surface area contributed by atoms with Crippen molar-refractivity contribution in [1.82, 2.24) is 9.97 Å². The van der Waals surface area contributed by atoms with Crippen molar-refractivity contribution in [3.8, 4) is 5.75 Å². The van der Waals surface area contributed by atoms with Gasteiger partial charge in [0.25, 0.3) is 0 Å². The molecule has 0 spiro atoms. The van der Waals surface area contributed by atoms with Crippen molar-refractivity contribution >= 4 is 34.5 Å². The summed E-state index contributed by atoms with van der Waals surface area (Å²) in [6.07, 6.45) is -3.03. The van der Waals surface area contributed by atoms with Crippen molar-refractivity contribution < 1.29 is 37.3 Å². The number of aromatic nitrogens is 2. The van der Waals surface area contributed by atoms with Gasteiger partial charge in [-0.05, 0) is 102 Å². The Morgan fingerprint density at radius 3 is 2.28 bits per heavy atom. The molecule has 1 fully saturated rings. The maximum absolute atomic E-state index is 13.8. The molecule has 4 rings (SSSR count). The summed E-state index contributed by atoms with van der Waals surface area (Å²) in [6.45, 7) is 8.40. The highest BCUT2D eigenvalue weighted by molar-refractivity contribution is 5.91. The minimum absolute atomic E-state index is 0.0552. The normalized spacial score (nSPS) is 18.2. The summed E-state index contributed by atoms with van der Waals surface area (Å²) in [5.74, 6) is 0.444. The van der Waals surface area contributed by atoms with Gasteiger partial charge < -0.3 is 19.9 Å². The lowest BCUT2D eigenvalue weighted by atomic mass is 9.78. The van der Waals surface area contributed by atoms with Crippen LogP contribution in [0.5, 0.6) is 5.75 Å². The molecule has 0 radical (unpaired) electrons. The van der Waals surface area contributed by atoms with Crippen LogP contribution >= 0.6 is 0 Å². The number of amides is 1. The molecule has 1 heterocycles. The van der Waals surface area contributed by atoms with E-state index in [0.717, 1.165) is 17.7 Å². The van der Waals surface area contributed by atoms with E-state index in [0.29, 0.717) is 54.0 Å². The minimum Gasteiger partial charge on any atom is -0.496 e. The molecule has 1 saturated carbocycles. The van der Waals surface area contributed by atoms with Crippen LogP contribution in [0.25, 0.3) is 10.9 Å². The molecule has 3 N–H and O–H groups in total. The van der Waals surface area contributed by atoms with Gasteiger partial charge in [-0.15, -0.1) is 0 Å². The van der Waals surface area contributed by atoms with Crippen LogP contribution in [-0.4, -0.2) is 39.8 Å². The molecule has 1 unspecified atom stereocenters. The molecule has 0 saturated heterocycles. The first-order valence-electron chi connectivity index (χ1n) is 14.1. The highest BCUT2D eigenvalue weighted by Gasteiger charge is 2.33. The van der Waals surface area contributed by atoms with Gasteiger partial charge in [0.05, 0.1) is 30.1 Å². The molecule has 0 aliphatic heterocycles. The number of ether oxygens (including phenoxy) is 2. The topological polar surface area (TPSA) is 123 Å². The van der Waals surface area contributed by atoms with Gasteiger partial charge in [-0.3, -0.25) is 10.1 Å². The number of hydrogen-bond acceptors (Lipinski definition) is 7. The van der Waals surface area contributed by atoms with Crippen molar-refractivity contribution in [2.45, 2.75) is 84.0 Å². The second kappa shape index (κ2) is 12.3. The third-order valence-electron chi connectivity index (χ3n) is 7.46. The van der Waals surface area contributed by atoms with Crippen LogP contribution in [0.4, 0.5) is 29.5 Å². The molecular formula is C31H37F3N4O5. The summed E-state index contributed by atoms with van der Waals surface area (Å²) < 4.78 is 52.4. The van der Waals surface area contributed by atoms with E-state index in [1.807, 2.05) is 12.1 Å². The van der Waals surface area contributed by atoms with Gasteiger partial charge in [0.2, 0.25) is 0 Å². The number of carboxylic acids is 1. The van der Waals surface area contributed by atoms with E-state index in [1.54, 1.807) is 41.7 Å². The second-order valence-corrected chi connectivity index (χ2v) is 12.0. The number of rotatable bonds is 7. The summed E-state index contributed by atoms with van der Waals surface area (Å²) in [5, 5.41) is 15.7. The van der Waals surface area contributed by atoms with Gasteiger partial charge in [0, 0.05) is 17.1 Å². The smallest absolute Gasteiger partial charge is 0.416 e. The number of methoxy groups -OCH3 is 1. The van der Waals surface area contributed by atoms with E-state index in [9.17, 15) is 27.9 Å². The van der Waals surface area contributed by atoms with Gasteiger partial charge in [-0.2, -0.15) is 13.2 Å². The summed E-state index contributed by atoms with van der Waals surface area (Å²) in [7, 11) is 1.57. The fraction of sp³-hybridized carbons (Fsp3) is 0.484. The molecule has 1 aliphatic rings. The summed E-state index contributed by atoms with van der Waals surface area (Å²) >= 11 is 0. The van der Waals surface area contributed by atoms with Crippen LogP contribution in [-0.2, 0) is 15.7 Å². The third kappa shape index (κ3) is 7.85. The molecule has 1 atom stereocenters. The number of carbonyl (C=O) groups is 2. The van der Waals surface area contributed by atoms with E-state index in [1.165, 1.54) is 6.07 Å². The largest absolute Gasteiger partial charge is 0.496 e. The standard InChI is InChI=1S/C31H37F3N4O5/c1-16(20-11-21(31(32,33)34)13-22(12-20)38-29(41)43-30(3,4)5)35-27-24-14-23(18-7-9-19(10-8-18)28(39)40)26(42-6)15-25(24)36-17(2)37-27/h11-16,18-19H,7-10H2,1-6H3,(H,38,41)(H,39,40)(H,35,36,37). The SMILES string of the molecule is COc1cc2nc(C)nc(NC(C)c3cc(NC(=O)OC(C)(C)C)cc(C(F)(F)F)c3)c2cc1C1CCC(C(=O)O)CC1. The van der Waals surface area contributed by atoms with Gasteiger partial charge in [-0.1, -0.05) is 0 Å². The van der Waals surface area contributed by atoms with Crippen LogP contribution in [0, 0.1) is 12.8 Å². The number of halogens is 3. The van der Waals surface area contributed by atoms with E-state index < -0.39 is 35.4 Å². The minimum atomic E-state index is -4.65. The Morgan fingerprint density at radius 1 is 1.02 bits per heavy atom. The first-order chi connectivity index (χ1) is 20.0. The zero-order valence-corrected chi connectivity index (χ0v) is 25.1. The number of aliphatic carboxylic acids is 1. The number of hydrogen-bond donors (Lipinski definition) is 3. The molecule has 1 aromatic heterocycles. The van der Waals surface area contributed by atoms with Crippen molar-refractivity contribution in [1.29, 1.82) is 0 Å². The molecule has 232 valence electrons. The number of carbonyl (C=O) groups excluding carboxylic acids is 1. The fourth-order valence-electron chi connectivity index (χ4n) is 5.39. The first-order valence-corrected chi connectivity index (χ1v) is 14.1. The molecule has 9 nitrogen and oxygen atoms in total. The lowest BCUT2D eigenvalue weighted by Gasteiger charge is -2.28. The van der Waals surface area contributed by atoms with Crippen molar-refractivity contribution in [2.24, 2.45) is 5.92 Å². The first kappa shape index (κ1) is 31.8.